The third kappa shape index (κ3) is 9.41. The maximum atomic E-state index is 17.4. The second-order valence-corrected chi connectivity index (χ2v) is 21.5. The minimum Gasteiger partial charge on any atom is -0.351 e. The third-order valence-corrected chi connectivity index (χ3v) is 17.0. The van der Waals surface area contributed by atoms with Gasteiger partial charge in [0.15, 0.2) is 11.1 Å². The lowest BCUT2D eigenvalue weighted by atomic mass is 9.55. The van der Waals surface area contributed by atoms with Crippen molar-refractivity contribution in [1.82, 2.24) is 29.7 Å². The Morgan fingerprint density at radius 2 is 0.843 bits per heavy atom. The Bertz CT molecular complexity index is 2580. The van der Waals surface area contributed by atoms with Gasteiger partial charge in [0.2, 0.25) is 11.8 Å². The van der Waals surface area contributed by atoms with Crippen molar-refractivity contribution in [2.75, 3.05) is 0 Å². The Kier molecular flexibility index (Phi) is 14.7. The molecule has 0 saturated heterocycles. The first-order chi connectivity index (χ1) is 34.1. The Morgan fingerprint density at radius 3 is 1.24 bits per heavy atom. The molecule has 10 rings (SSSR count). The molecule has 0 spiro atoms. The molecule has 370 valence electrons. The van der Waals surface area contributed by atoms with Crippen molar-refractivity contribution in [2.45, 2.75) is 177 Å². The summed E-state index contributed by atoms with van der Waals surface area (Å²) in [6.07, 6.45) is 18.8. The van der Waals surface area contributed by atoms with Gasteiger partial charge in [-0.25, -0.2) is 23.1 Å². The summed E-state index contributed by atoms with van der Waals surface area (Å²) < 4.78 is 51.3. The normalized spacial score (nSPS) is 19.8. The average Bonchev–Trinajstić information content (AvgIpc) is 3.93. The summed E-state index contributed by atoms with van der Waals surface area (Å²) >= 11 is 6.40. The van der Waals surface area contributed by atoms with Crippen LogP contribution in [0.4, 0.5) is 13.2 Å². The molecule has 4 aromatic carbocycles. The fraction of sp³-hybridized carbons (Fsp3) is 0.517. The SMILES string of the molecule is O=C(NC1CCCCC1)C(C1CCCCC1)(n1c(CCc2ccc(F)cc2)nc2ccc(F)cc21)C(C(=O)NC1CCCCC1)(C1CCCCC1)n1c(CCc2ccc(Cl)cc2)nc2ccc(F)cc21. The van der Waals surface area contributed by atoms with Crippen LogP contribution < -0.4 is 10.6 Å². The molecule has 4 saturated carbocycles. The van der Waals surface area contributed by atoms with Gasteiger partial charge in [0.05, 0.1) is 22.1 Å². The van der Waals surface area contributed by atoms with E-state index >= 15 is 18.4 Å². The molecule has 0 aliphatic heterocycles. The van der Waals surface area contributed by atoms with Crippen LogP contribution in [0.15, 0.2) is 84.9 Å². The maximum Gasteiger partial charge on any atom is 0.249 e. The fourth-order valence-corrected chi connectivity index (χ4v) is 13.6. The number of rotatable bonds is 15. The monoisotopic (exact) mass is 973 g/mol. The van der Waals surface area contributed by atoms with Gasteiger partial charge >= 0.3 is 0 Å². The number of fused-ring (bicyclic) bond motifs is 2. The van der Waals surface area contributed by atoms with Gasteiger partial charge in [0.1, 0.15) is 29.1 Å². The van der Waals surface area contributed by atoms with E-state index in [1.54, 1.807) is 24.3 Å². The highest BCUT2D eigenvalue weighted by atomic mass is 35.5. The molecule has 4 aliphatic carbocycles. The van der Waals surface area contributed by atoms with Crippen LogP contribution in [0.3, 0.4) is 0 Å². The first-order valence-electron chi connectivity index (χ1n) is 26.6. The minimum absolute atomic E-state index is 0.145. The first-order valence-corrected chi connectivity index (χ1v) is 27.0. The molecular formula is C58H68ClF3N6O2. The zero-order valence-corrected chi connectivity index (χ0v) is 41.2. The number of halogens is 4. The van der Waals surface area contributed by atoms with E-state index in [4.69, 9.17) is 21.6 Å². The van der Waals surface area contributed by atoms with Crippen LogP contribution in [0.5, 0.6) is 0 Å². The predicted molar refractivity (Wildman–Crippen MR) is 271 cm³/mol. The molecule has 70 heavy (non-hydrogen) atoms. The summed E-state index contributed by atoms with van der Waals surface area (Å²) in [7, 11) is 0. The number of aromatic nitrogens is 4. The number of nitrogens with zero attached hydrogens (tertiary/aromatic N) is 4. The largest absolute Gasteiger partial charge is 0.351 e. The quantitative estimate of drug-likeness (QED) is 0.107. The van der Waals surface area contributed by atoms with Gasteiger partial charge in [-0.15, -0.1) is 0 Å². The molecule has 12 heteroatoms. The van der Waals surface area contributed by atoms with Crippen molar-refractivity contribution in [3.05, 3.63) is 130 Å². The van der Waals surface area contributed by atoms with Gasteiger partial charge in [0.25, 0.3) is 0 Å². The van der Waals surface area contributed by atoms with Crippen LogP contribution in [0.2, 0.25) is 5.02 Å². The van der Waals surface area contributed by atoms with Crippen molar-refractivity contribution in [1.29, 1.82) is 0 Å². The van der Waals surface area contributed by atoms with Gasteiger partial charge in [-0.2, -0.15) is 0 Å². The molecule has 4 aliphatic rings. The second kappa shape index (κ2) is 21.3. The van der Waals surface area contributed by atoms with Crippen molar-refractivity contribution >= 4 is 45.5 Å². The van der Waals surface area contributed by atoms with Gasteiger partial charge in [-0.05, 0) is 148 Å². The second-order valence-electron chi connectivity index (χ2n) is 21.1. The highest BCUT2D eigenvalue weighted by molar-refractivity contribution is 6.30. The lowest BCUT2D eigenvalue weighted by Gasteiger charge is -2.59. The van der Waals surface area contributed by atoms with Crippen molar-refractivity contribution in [3.63, 3.8) is 0 Å². The van der Waals surface area contributed by atoms with Crippen molar-refractivity contribution in [2.24, 2.45) is 11.8 Å². The molecule has 2 unspecified atom stereocenters. The number of hydrogen-bond acceptors (Lipinski definition) is 4. The maximum absolute atomic E-state index is 17.4. The van der Waals surface area contributed by atoms with E-state index in [0.29, 0.717) is 90.1 Å². The van der Waals surface area contributed by atoms with E-state index in [2.05, 4.69) is 19.8 Å². The van der Waals surface area contributed by atoms with Gasteiger partial charge in [0, 0.05) is 29.9 Å². The van der Waals surface area contributed by atoms with Crippen LogP contribution in [0.25, 0.3) is 22.1 Å². The lowest BCUT2D eigenvalue weighted by molar-refractivity contribution is -0.164. The molecule has 2 amide bonds. The molecule has 0 radical (unpaired) electrons. The van der Waals surface area contributed by atoms with Crippen LogP contribution in [0.1, 0.15) is 151 Å². The number of imidazole rings is 2. The molecule has 2 N–H and O–H groups in total. The average molecular weight is 974 g/mol. The molecule has 4 fully saturated rings. The van der Waals surface area contributed by atoms with Crippen LogP contribution in [0, 0.1) is 29.3 Å². The van der Waals surface area contributed by atoms with Gasteiger partial charge in [-0.1, -0.05) is 113 Å². The summed E-state index contributed by atoms with van der Waals surface area (Å²) in [5.74, 6) is -1.52. The summed E-state index contributed by atoms with van der Waals surface area (Å²) in [5.41, 5.74) is 0.312. The number of carbonyl (C=O) groups is 2. The van der Waals surface area contributed by atoms with E-state index in [9.17, 15) is 4.39 Å². The molecule has 2 heterocycles. The summed E-state index contributed by atoms with van der Waals surface area (Å²) in [6.45, 7) is 0. The number of nitrogens with one attached hydrogen (secondary N) is 2. The van der Waals surface area contributed by atoms with E-state index in [0.717, 1.165) is 114 Å². The third-order valence-electron chi connectivity index (χ3n) is 16.7. The van der Waals surface area contributed by atoms with E-state index < -0.39 is 34.5 Å². The van der Waals surface area contributed by atoms with Crippen molar-refractivity contribution in [3.8, 4) is 0 Å². The number of aryl methyl sites for hydroxylation is 4. The molecule has 2 aromatic heterocycles. The summed E-state index contributed by atoms with van der Waals surface area (Å²) in [4.78, 5) is 45.7. The fourth-order valence-electron chi connectivity index (χ4n) is 13.5. The molecule has 6 aromatic rings. The number of hydrogen-bond donors (Lipinski definition) is 2. The molecule has 0 bridgehead atoms. The van der Waals surface area contributed by atoms with E-state index in [-0.39, 0.29) is 29.7 Å². The molecule has 8 nitrogen and oxygen atoms in total. The zero-order valence-electron chi connectivity index (χ0n) is 40.5. The van der Waals surface area contributed by atoms with Crippen LogP contribution >= 0.6 is 11.6 Å². The lowest BCUT2D eigenvalue weighted by Crippen LogP contribution is -2.76. The Labute approximate surface area is 415 Å². The minimum atomic E-state index is -1.79. The highest BCUT2D eigenvalue weighted by Gasteiger charge is 2.71. The van der Waals surface area contributed by atoms with Crippen LogP contribution in [-0.2, 0) is 46.4 Å². The van der Waals surface area contributed by atoms with Crippen molar-refractivity contribution < 1.29 is 22.8 Å². The molecule has 2 atom stereocenters. The number of amides is 2. The summed E-state index contributed by atoms with van der Waals surface area (Å²) in [6, 6.07) is 23.2. The number of carbonyl (C=O) groups excluding carboxylic acids is 2. The van der Waals surface area contributed by atoms with E-state index in [1.165, 1.54) is 36.4 Å². The van der Waals surface area contributed by atoms with Crippen LogP contribution in [-0.4, -0.2) is 43.0 Å². The smallest absolute Gasteiger partial charge is 0.249 e. The Hall–Kier alpha value is -5.16. The predicted octanol–water partition coefficient (Wildman–Crippen LogP) is 13.2. The first kappa shape index (κ1) is 48.5. The summed E-state index contributed by atoms with van der Waals surface area (Å²) in [5, 5.41) is 8.06. The number of benzene rings is 4. The zero-order chi connectivity index (χ0) is 48.2. The van der Waals surface area contributed by atoms with E-state index in [1.807, 2.05) is 24.3 Å². The highest BCUT2D eigenvalue weighted by Crippen LogP contribution is 2.58. The Balaban J connectivity index is 1.35. The van der Waals surface area contributed by atoms with Gasteiger partial charge in [-0.3, -0.25) is 9.59 Å². The topological polar surface area (TPSA) is 93.8 Å². The van der Waals surface area contributed by atoms with Gasteiger partial charge < -0.3 is 19.8 Å². The standard InChI is InChI=1S/C58H68ClF3N6O2/c59-43-27-21-39(22-28-43)25-35-53-65-49-33-31-45(61)37-51(49)67(53)57(41-13-5-1-6-14-41,55(69)63-47-17-9-3-10-18-47)58(42-15-7-2-8-16-42,56(70)64-48-19-11-4-12-20-48)68-52-38-46(62)32-34-50(52)66-54(68)36-26-40-23-29-44(60)30-24-40/h21-24,27-34,37-38,41-42,47-48H,1-20,25-26,35-36H2,(H,63,69)(H,64,70). The Morgan fingerprint density at radius 1 is 0.486 bits per heavy atom. The molecular weight excluding hydrogens is 905 g/mol.